The van der Waals surface area contributed by atoms with Crippen molar-refractivity contribution in [1.82, 2.24) is 5.32 Å². The van der Waals surface area contributed by atoms with Crippen molar-refractivity contribution in [3.05, 3.63) is 88.0 Å². The lowest BCUT2D eigenvalue weighted by Gasteiger charge is -2.40. The minimum Gasteiger partial charge on any atom is -0.362 e. The minimum absolute atomic E-state index is 0.0211. The Bertz CT molecular complexity index is 1220. The summed E-state index contributed by atoms with van der Waals surface area (Å²) in [4.78, 5) is 26.7. The Kier molecular flexibility index (Phi) is 5.87. The van der Waals surface area contributed by atoms with Gasteiger partial charge in [-0.2, -0.15) is 13.2 Å². The lowest BCUT2D eigenvalue weighted by atomic mass is 9.68. The smallest absolute Gasteiger partial charge is 0.362 e. The Balaban J connectivity index is 1.88. The first-order valence-electron chi connectivity index (χ1n) is 10.8. The molecule has 1 heterocycles. The number of halogens is 4. The number of amides is 1. The Morgan fingerprint density at radius 1 is 1.06 bits per heavy atom. The molecule has 0 radical (unpaired) electrons. The molecule has 2 N–H and O–H groups in total. The molecule has 4 rings (SSSR count). The van der Waals surface area contributed by atoms with Gasteiger partial charge in [-0.3, -0.25) is 9.59 Å². The van der Waals surface area contributed by atoms with Crippen LogP contribution in [-0.4, -0.2) is 11.7 Å². The number of rotatable bonds is 3. The maximum Gasteiger partial charge on any atom is 0.416 e. The predicted octanol–water partition coefficient (Wildman–Crippen LogP) is 6.09. The molecule has 34 heavy (non-hydrogen) atoms. The van der Waals surface area contributed by atoms with E-state index in [1.54, 1.807) is 6.92 Å². The molecule has 0 fully saturated rings. The van der Waals surface area contributed by atoms with Crippen LogP contribution in [0.2, 0.25) is 0 Å². The first kappa shape index (κ1) is 23.7. The first-order chi connectivity index (χ1) is 15.9. The molecule has 0 spiro atoms. The zero-order chi connectivity index (χ0) is 24.8. The molecule has 1 atom stereocenters. The molecule has 178 valence electrons. The number of carbonyl (C=O) groups excluding carboxylic acids is 2. The number of Topliss-reactive ketones (excluding diaryl/α,β-unsaturated/α-hetero) is 1. The predicted molar refractivity (Wildman–Crippen MR) is 120 cm³/mol. The summed E-state index contributed by atoms with van der Waals surface area (Å²) in [7, 11) is 0. The molecule has 4 nitrogen and oxygen atoms in total. The Morgan fingerprint density at radius 2 is 1.71 bits per heavy atom. The summed E-state index contributed by atoms with van der Waals surface area (Å²) in [5, 5.41) is 5.76. The van der Waals surface area contributed by atoms with Crippen LogP contribution >= 0.6 is 0 Å². The summed E-state index contributed by atoms with van der Waals surface area (Å²) in [6, 6.07) is 10.1. The molecule has 8 heteroatoms. The maximum atomic E-state index is 14.0. The van der Waals surface area contributed by atoms with Crippen LogP contribution in [-0.2, 0) is 15.8 Å². The molecule has 2 aromatic carbocycles. The van der Waals surface area contributed by atoms with Crippen molar-refractivity contribution in [2.45, 2.75) is 45.7 Å². The van der Waals surface area contributed by atoms with E-state index in [9.17, 15) is 27.2 Å². The number of dihydropyridines is 1. The van der Waals surface area contributed by atoms with Crippen LogP contribution in [0.4, 0.5) is 23.2 Å². The number of benzene rings is 2. The van der Waals surface area contributed by atoms with Crippen LogP contribution in [0.5, 0.6) is 0 Å². The van der Waals surface area contributed by atoms with E-state index in [-0.39, 0.29) is 40.0 Å². The number of anilines is 1. The van der Waals surface area contributed by atoms with Gasteiger partial charge < -0.3 is 10.6 Å². The number of hydrogen-bond donors (Lipinski definition) is 2. The van der Waals surface area contributed by atoms with E-state index in [1.807, 2.05) is 13.8 Å². The van der Waals surface area contributed by atoms with Crippen molar-refractivity contribution in [2.24, 2.45) is 5.41 Å². The van der Waals surface area contributed by atoms with Gasteiger partial charge in [0.05, 0.1) is 5.56 Å². The fourth-order valence-corrected chi connectivity index (χ4v) is 4.79. The zero-order valence-electron chi connectivity index (χ0n) is 18.9. The highest BCUT2D eigenvalue weighted by Gasteiger charge is 2.45. The number of allylic oxidation sites excluding steroid dienone is 3. The number of hydrogen-bond acceptors (Lipinski definition) is 3. The summed E-state index contributed by atoms with van der Waals surface area (Å²) in [5.74, 6) is -2.64. The molecule has 0 saturated carbocycles. The van der Waals surface area contributed by atoms with E-state index < -0.39 is 29.4 Å². The molecule has 1 amide bonds. The Morgan fingerprint density at radius 3 is 2.35 bits per heavy atom. The summed E-state index contributed by atoms with van der Waals surface area (Å²) in [6.07, 6.45) is -4.06. The second-order valence-corrected chi connectivity index (χ2v) is 9.48. The summed E-state index contributed by atoms with van der Waals surface area (Å²) >= 11 is 0. The average molecular weight is 472 g/mol. The monoisotopic (exact) mass is 472 g/mol. The van der Waals surface area contributed by atoms with Gasteiger partial charge in [-0.05, 0) is 54.7 Å². The molecule has 2 aromatic rings. The normalized spacial score (nSPS) is 20.1. The van der Waals surface area contributed by atoms with E-state index in [0.29, 0.717) is 17.8 Å². The lowest BCUT2D eigenvalue weighted by Crippen LogP contribution is -2.39. The topological polar surface area (TPSA) is 58.2 Å². The summed E-state index contributed by atoms with van der Waals surface area (Å²) in [5.41, 5.74) is -0.0217. The second kappa shape index (κ2) is 8.42. The quantitative estimate of drug-likeness (QED) is 0.532. The van der Waals surface area contributed by atoms with Gasteiger partial charge in [-0.1, -0.05) is 32.0 Å². The van der Waals surface area contributed by atoms with Gasteiger partial charge in [0.15, 0.2) is 5.78 Å². The molecule has 0 unspecified atom stereocenters. The van der Waals surface area contributed by atoms with E-state index in [4.69, 9.17) is 0 Å². The largest absolute Gasteiger partial charge is 0.416 e. The fraction of sp³-hybridized carbons (Fsp3) is 0.308. The van der Waals surface area contributed by atoms with E-state index in [0.717, 1.165) is 6.07 Å². The molecule has 1 aliphatic carbocycles. The zero-order valence-corrected chi connectivity index (χ0v) is 18.9. The van der Waals surface area contributed by atoms with Crippen molar-refractivity contribution in [3.8, 4) is 0 Å². The van der Waals surface area contributed by atoms with Crippen LogP contribution in [0, 0.1) is 11.2 Å². The third kappa shape index (κ3) is 4.49. The van der Waals surface area contributed by atoms with Crippen molar-refractivity contribution in [3.63, 3.8) is 0 Å². The van der Waals surface area contributed by atoms with E-state index >= 15 is 0 Å². The number of ketones is 1. The average Bonchev–Trinajstić information content (AvgIpc) is 2.72. The van der Waals surface area contributed by atoms with Crippen molar-refractivity contribution >= 4 is 17.4 Å². The van der Waals surface area contributed by atoms with Crippen molar-refractivity contribution in [2.75, 3.05) is 5.32 Å². The third-order valence-electron chi connectivity index (χ3n) is 6.16. The van der Waals surface area contributed by atoms with Crippen LogP contribution in [0.15, 0.2) is 71.1 Å². The summed E-state index contributed by atoms with van der Waals surface area (Å²) < 4.78 is 55.3. The van der Waals surface area contributed by atoms with Crippen molar-refractivity contribution < 1.29 is 27.2 Å². The molecular weight excluding hydrogens is 448 g/mol. The lowest BCUT2D eigenvalue weighted by molar-refractivity contribution is -0.138. The molecule has 2 aliphatic rings. The van der Waals surface area contributed by atoms with Gasteiger partial charge in [0.1, 0.15) is 5.82 Å². The van der Waals surface area contributed by atoms with E-state index in [2.05, 4.69) is 10.6 Å². The highest BCUT2D eigenvalue weighted by molar-refractivity contribution is 6.10. The van der Waals surface area contributed by atoms with Gasteiger partial charge in [-0.25, -0.2) is 4.39 Å². The van der Waals surface area contributed by atoms with Crippen LogP contribution in [0.25, 0.3) is 0 Å². The van der Waals surface area contributed by atoms with E-state index in [1.165, 1.54) is 42.5 Å². The third-order valence-corrected chi connectivity index (χ3v) is 6.16. The Hall–Kier alpha value is -3.42. The number of alkyl halides is 3. The highest BCUT2D eigenvalue weighted by atomic mass is 19.4. The minimum atomic E-state index is -4.67. The molecule has 1 aliphatic heterocycles. The van der Waals surface area contributed by atoms with Gasteiger partial charge in [0, 0.05) is 40.6 Å². The van der Waals surface area contributed by atoms with Crippen LogP contribution in [0.3, 0.4) is 0 Å². The SMILES string of the molecule is CC1=C(C(=O)Nc2ccc(F)cc2)[C@H](c2ccccc2C(F)(F)F)C2=C(CC(C)(C)CC2=O)N1. The Labute approximate surface area is 194 Å². The molecule has 0 aromatic heterocycles. The van der Waals surface area contributed by atoms with Crippen LogP contribution < -0.4 is 10.6 Å². The standard InChI is InChI=1S/C26H24F4N2O2/c1-14-21(24(34)32-16-10-8-15(27)9-11-16)22(17-6-4-5-7-18(17)26(28,29)30)23-19(31-14)12-25(2,3)13-20(23)33/h4-11,22,31H,12-13H2,1-3H3,(H,32,34)/t22-/m0/s1. The van der Waals surface area contributed by atoms with Gasteiger partial charge in [0.25, 0.3) is 5.91 Å². The maximum absolute atomic E-state index is 14.0. The highest BCUT2D eigenvalue weighted by Crippen LogP contribution is 2.49. The number of carbonyl (C=O) groups is 2. The first-order valence-corrected chi connectivity index (χ1v) is 10.8. The van der Waals surface area contributed by atoms with Gasteiger partial charge >= 0.3 is 6.18 Å². The van der Waals surface area contributed by atoms with Gasteiger partial charge in [-0.15, -0.1) is 0 Å². The van der Waals surface area contributed by atoms with Gasteiger partial charge in [0.2, 0.25) is 0 Å². The number of nitrogens with one attached hydrogen (secondary N) is 2. The second-order valence-electron chi connectivity index (χ2n) is 9.48. The van der Waals surface area contributed by atoms with Crippen LogP contribution in [0.1, 0.15) is 50.7 Å². The fourth-order valence-electron chi connectivity index (χ4n) is 4.79. The van der Waals surface area contributed by atoms with Crippen molar-refractivity contribution in [1.29, 1.82) is 0 Å². The molecule has 0 saturated heterocycles. The molecule has 0 bridgehead atoms. The summed E-state index contributed by atoms with van der Waals surface area (Å²) in [6.45, 7) is 5.45. The molecular formula is C26H24F4N2O2.